The fraction of sp³-hybridized carbons (Fsp3) is 0.571. The number of H-pyrrole nitrogens is 1. The number of rotatable bonds is 4. The van der Waals surface area contributed by atoms with Gasteiger partial charge in [-0.25, -0.2) is 4.39 Å². The Kier molecular flexibility index (Phi) is 5.25. The highest BCUT2D eigenvalue weighted by Gasteiger charge is 2.24. The highest BCUT2D eigenvalue weighted by atomic mass is 19.1. The van der Waals surface area contributed by atoms with E-state index in [1.54, 1.807) is 18.2 Å². The molecule has 0 unspecified atom stereocenters. The van der Waals surface area contributed by atoms with E-state index in [1.165, 1.54) is 44.7 Å². The molecule has 1 aromatic carbocycles. The number of piperidine rings is 1. The lowest BCUT2D eigenvalue weighted by molar-refractivity contribution is 0.0897. The molecule has 2 N–H and O–H groups in total. The first-order valence-corrected chi connectivity index (χ1v) is 9.99. The summed E-state index contributed by atoms with van der Waals surface area (Å²) in [7, 11) is 0. The molecule has 2 heterocycles. The van der Waals surface area contributed by atoms with Crippen molar-refractivity contribution in [3.63, 3.8) is 0 Å². The molecule has 1 amide bonds. The van der Waals surface area contributed by atoms with Crippen LogP contribution in [0.3, 0.4) is 0 Å². The van der Waals surface area contributed by atoms with E-state index in [9.17, 15) is 9.18 Å². The van der Waals surface area contributed by atoms with Gasteiger partial charge in [-0.05, 0) is 49.8 Å². The summed E-state index contributed by atoms with van der Waals surface area (Å²) in [5.41, 5.74) is 1.10. The molecule has 1 aliphatic heterocycles. The van der Waals surface area contributed by atoms with Gasteiger partial charge < -0.3 is 15.2 Å². The summed E-state index contributed by atoms with van der Waals surface area (Å²) in [6.45, 7) is 3.34. The van der Waals surface area contributed by atoms with Crippen LogP contribution < -0.4 is 5.32 Å². The molecule has 0 bridgehead atoms. The molecular formula is C21H28FN3O. The molecule has 1 aromatic heterocycles. The molecule has 1 saturated heterocycles. The summed E-state index contributed by atoms with van der Waals surface area (Å²) in [5, 5.41) is 3.59. The van der Waals surface area contributed by atoms with Crippen molar-refractivity contribution in [2.45, 2.75) is 51.0 Å². The zero-order valence-corrected chi connectivity index (χ0v) is 15.3. The van der Waals surface area contributed by atoms with Crippen molar-refractivity contribution in [2.24, 2.45) is 5.92 Å². The predicted molar refractivity (Wildman–Crippen MR) is 102 cm³/mol. The SMILES string of the molecule is O=C(NC1CCN(CC2CCCCC2)CC1)c1cc2c(F)cccc2[nH]1. The van der Waals surface area contributed by atoms with Crippen molar-refractivity contribution in [2.75, 3.05) is 19.6 Å². The van der Waals surface area contributed by atoms with E-state index in [1.807, 2.05) is 0 Å². The van der Waals surface area contributed by atoms with Crippen LogP contribution in [-0.4, -0.2) is 41.5 Å². The molecule has 140 valence electrons. The molecule has 0 spiro atoms. The van der Waals surface area contributed by atoms with Crippen molar-refractivity contribution < 1.29 is 9.18 Å². The summed E-state index contributed by atoms with van der Waals surface area (Å²) in [4.78, 5) is 18.1. The summed E-state index contributed by atoms with van der Waals surface area (Å²) in [6.07, 6.45) is 8.94. The van der Waals surface area contributed by atoms with Crippen LogP contribution in [0.2, 0.25) is 0 Å². The molecule has 1 saturated carbocycles. The molecule has 2 aliphatic rings. The Labute approximate surface area is 154 Å². The number of fused-ring (bicyclic) bond motifs is 1. The monoisotopic (exact) mass is 357 g/mol. The minimum absolute atomic E-state index is 0.133. The molecule has 4 nitrogen and oxygen atoms in total. The Bertz CT molecular complexity index is 758. The number of nitrogens with zero attached hydrogens (tertiary/aromatic N) is 1. The number of halogens is 1. The molecule has 2 aromatic rings. The van der Waals surface area contributed by atoms with Gasteiger partial charge in [0.1, 0.15) is 11.5 Å². The van der Waals surface area contributed by atoms with Gasteiger partial charge in [-0.2, -0.15) is 0 Å². The van der Waals surface area contributed by atoms with Gasteiger partial charge in [0.05, 0.1) is 0 Å². The number of likely N-dealkylation sites (tertiary alicyclic amines) is 1. The van der Waals surface area contributed by atoms with Crippen molar-refractivity contribution in [1.82, 2.24) is 15.2 Å². The van der Waals surface area contributed by atoms with E-state index in [-0.39, 0.29) is 17.8 Å². The van der Waals surface area contributed by atoms with E-state index in [2.05, 4.69) is 15.2 Å². The van der Waals surface area contributed by atoms with Gasteiger partial charge in [0.25, 0.3) is 5.91 Å². The van der Waals surface area contributed by atoms with Crippen LogP contribution in [0, 0.1) is 11.7 Å². The number of amides is 1. The minimum atomic E-state index is -0.297. The van der Waals surface area contributed by atoms with Gasteiger partial charge in [0.15, 0.2) is 0 Å². The second kappa shape index (κ2) is 7.78. The van der Waals surface area contributed by atoms with Crippen LogP contribution in [0.25, 0.3) is 10.9 Å². The maximum Gasteiger partial charge on any atom is 0.267 e. The van der Waals surface area contributed by atoms with Crippen molar-refractivity contribution in [3.05, 3.63) is 35.8 Å². The predicted octanol–water partition coefficient (Wildman–Crippen LogP) is 4.08. The normalized spacial score (nSPS) is 20.5. The third kappa shape index (κ3) is 3.93. The van der Waals surface area contributed by atoms with Crippen LogP contribution in [0.1, 0.15) is 55.4 Å². The van der Waals surface area contributed by atoms with Crippen molar-refractivity contribution in [3.8, 4) is 0 Å². The second-order valence-corrected chi connectivity index (χ2v) is 7.94. The van der Waals surface area contributed by atoms with Crippen LogP contribution >= 0.6 is 0 Å². The van der Waals surface area contributed by atoms with Gasteiger partial charge >= 0.3 is 0 Å². The number of hydrogen-bond donors (Lipinski definition) is 2. The zero-order valence-electron chi connectivity index (χ0n) is 15.3. The lowest BCUT2D eigenvalue weighted by Gasteiger charge is -2.35. The molecule has 26 heavy (non-hydrogen) atoms. The molecule has 4 rings (SSSR count). The number of carbonyl (C=O) groups is 1. The maximum absolute atomic E-state index is 13.8. The Morgan fingerprint density at radius 1 is 1.15 bits per heavy atom. The lowest BCUT2D eigenvalue weighted by atomic mass is 9.88. The quantitative estimate of drug-likeness (QED) is 0.866. The van der Waals surface area contributed by atoms with E-state index in [0.29, 0.717) is 16.6 Å². The Morgan fingerprint density at radius 3 is 2.65 bits per heavy atom. The highest BCUT2D eigenvalue weighted by Crippen LogP contribution is 2.25. The topological polar surface area (TPSA) is 48.1 Å². The maximum atomic E-state index is 13.8. The molecule has 0 atom stereocenters. The molecular weight excluding hydrogens is 329 g/mol. The van der Waals surface area contributed by atoms with Crippen LogP contribution in [0.4, 0.5) is 4.39 Å². The number of benzene rings is 1. The van der Waals surface area contributed by atoms with Crippen molar-refractivity contribution in [1.29, 1.82) is 0 Å². The Balaban J connectivity index is 1.29. The number of aromatic nitrogens is 1. The van der Waals surface area contributed by atoms with E-state index in [0.717, 1.165) is 31.8 Å². The summed E-state index contributed by atoms with van der Waals surface area (Å²) in [5.74, 6) is 0.441. The fourth-order valence-electron chi connectivity index (χ4n) is 4.50. The number of nitrogens with one attached hydrogen (secondary N) is 2. The highest BCUT2D eigenvalue weighted by molar-refractivity contribution is 5.98. The minimum Gasteiger partial charge on any atom is -0.350 e. The van der Waals surface area contributed by atoms with Gasteiger partial charge in [-0.15, -0.1) is 0 Å². The first-order chi connectivity index (χ1) is 12.7. The smallest absolute Gasteiger partial charge is 0.267 e. The van der Waals surface area contributed by atoms with Crippen LogP contribution in [0.5, 0.6) is 0 Å². The summed E-state index contributed by atoms with van der Waals surface area (Å²) in [6, 6.07) is 6.68. The average Bonchev–Trinajstić information content (AvgIpc) is 3.10. The van der Waals surface area contributed by atoms with E-state index in [4.69, 9.17) is 0 Å². The Hall–Kier alpha value is -1.88. The van der Waals surface area contributed by atoms with Crippen molar-refractivity contribution >= 4 is 16.8 Å². The number of hydrogen-bond acceptors (Lipinski definition) is 2. The third-order valence-electron chi connectivity index (χ3n) is 6.02. The van der Waals surface area contributed by atoms with Crippen LogP contribution in [-0.2, 0) is 0 Å². The average molecular weight is 357 g/mol. The van der Waals surface area contributed by atoms with Gasteiger partial charge in [-0.3, -0.25) is 4.79 Å². The second-order valence-electron chi connectivity index (χ2n) is 7.94. The van der Waals surface area contributed by atoms with E-state index < -0.39 is 0 Å². The zero-order chi connectivity index (χ0) is 17.9. The number of aromatic amines is 1. The molecule has 5 heteroatoms. The molecule has 1 aliphatic carbocycles. The number of carbonyl (C=O) groups excluding carboxylic acids is 1. The molecule has 0 radical (unpaired) electrons. The standard InChI is InChI=1S/C21H28FN3O/c22-18-7-4-8-19-17(18)13-20(24-19)21(26)23-16-9-11-25(12-10-16)14-15-5-2-1-3-6-15/h4,7-8,13,15-16,24H,1-3,5-6,9-12,14H2,(H,23,26). The van der Waals surface area contributed by atoms with Gasteiger partial charge in [0.2, 0.25) is 0 Å². The largest absolute Gasteiger partial charge is 0.350 e. The van der Waals surface area contributed by atoms with Gasteiger partial charge in [0, 0.05) is 36.6 Å². The first kappa shape index (κ1) is 17.5. The molecule has 2 fully saturated rings. The fourth-order valence-corrected chi connectivity index (χ4v) is 4.50. The van der Waals surface area contributed by atoms with E-state index >= 15 is 0 Å². The lowest BCUT2D eigenvalue weighted by Crippen LogP contribution is -2.46. The summed E-state index contributed by atoms with van der Waals surface area (Å²) < 4.78 is 13.8. The Morgan fingerprint density at radius 2 is 1.92 bits per heavy atom. The van der Waals surface area contributed by atoms with Crippen LogP contribution in [0.15, 0.2) is 24.3 Å². The third-order valence-corrected chi connectivity index (χ3v) is 6.02. The first-order valence-electron chi connectivity index (χ1n) is 9.99. The summed E-state index contributed by atoms with van der Waals surface area (Å²) >= 11 is 0. The van der Waals surface area contributed by atoms with Gasteiger partial charge in [-0.1, -0.05) is 25.3 Å².